The molecule has 0 saturated heterocycles. The van der Waals surface area contributed by atoms with Gasteiger partial charge in [-0.3, -0.25) is 5.48 Å². The first-order chi connectivity index (χ1) is 15.1. The van der Waals surface area contributed by atoms with Crippen molar-refractivity contribution in [3.8, 4) is 17.2 Å². The van der Waals surface area contributed by atoms with Crippen LogP contribution in [0.2, 0.25) is 0 Å². The van der Waals surface area contributed by atoms with Crippen molar-refractivity contribution in [3.05, 3.63) is 65.4 Å². The average Bonchev–Trinajstić information content (AvgIpc) is 2.74. The molecular weight excluding hydrogens is 427 g/mol. The van der Waals surface area contributed by atoms with Gasteiger partial charge in [0.2, 0.25) is 6.79 Å². The van der Waals surface area contributed by atoms with E-state index in [-0.39, 0.29) is 12.5 Å². The Morgan fingerprint density at radius 2 is 1.50 bits per heavy atom. The van der Waals surface area contributed by atoms with E-state index in [1.165, 1.54) is 19.1 Å². The summed E-state index contributed by atoms with van der Waals surface area (Å²) in [5, 5.41) is 0. The number of ether oxygens (including phenoxy) is 3. The summed E-state index contributed by atoms with van der Waals surface area (Å²) in [5.41, 5.74) is 3.97. The zero-order valence-corrected chi connectivity index (χ0v) is 18.3. The molecule has 0 aliphatic heterocycles. The van der Waals surface area contributed by atoms with E-state index in [0.717, 1.165) is 29.8 Å². The van der Waals surface area contributed by atoms with E-state index < -0.39 is 23.8 Å². The maximum Gasteiger partial charge on any atom is 0.416 e. The van der Waals surface area contributed by atoms with Crippen LogP contribution in [0.5, 0.6) is 17.2 Å². The number of nitrogens with one attached hydrogen (secondary N) is 1. The number of hydrogen-bond acceptors (Lipinski definition) is 6. The first-order valence-corrected chi connectivity index (χ1v) is 9.92. The van der Waals surface area contributed by atoms with Crippen molar-refractivity contribution in [2.24, 2.45) is 0 Å². The lowest BCUT2D eigenvalue weighted by Crippen LogP contribution is -2.28. The van der Waals surface area contributed by atoms with Crippen LogP contribution < -0.4 is 15.0 Å². The predicted molar refractivity (Wildman–Crippen MR) is 112 cm³/mol. The molecule has 0 heterocycles. The second-order valence-electron chi connectivity index (χ2n) is 7.02. The van der Waals surface area contributed by atoms with Gasteiger partial charge in [-0.25, -0.2) is 9.63 Å². The molecule has 2 aromatic rings. The SMILES string of the molecule is CCC(NOCOC(=O)C(C)Oc1ccc(Oc2ccc(C(F)(F)F)cc2)cc1)=C(C)C. The summed E-state index contributed by atoms with van der Waals surface area (Å²) in [4.78, 5) is 17.2. The molecule has 0 saturated carbocycles. The third-order valence-corrected chi connectivity index (χ3v) is 4.30. The van der Waals surface area contributed by atoms with Crippen LogP contribution in [-0.4, -0.2) is 18.9 Å². The number of carbonyl (C=O) groups is 1. The maximum atomic E-state index is 12.6. The molecule has 32 heavy (non-hydrogen) atoms. The standard InChI is InChI=1S/C23H26F3NO5/c1-5-21(15(2)3)27-30-14-29-22(28)16(4)31-18-10-12-20(13-11-18)32-19-8-6-17(7-9-19)23(24,25)26/h6-13,16,27H,5,14H2,1-4H3. The van der Waals surface area contributed by atoms with Crippen molar-refractivity contribution in [1.29, 1.82) is 0 Å². The fourth-order valence-corrected chi connectivity index (χ4v) is 2.54. The Kier molecular flexibility index (Phi) is 8.95. The largest absolute Gasteiger partial charge is 0.479 e. The number of allylic oxidation sites excluding steroid dienone is 2. The summed E-state index contributed by atoms with van der Waals surface area (Å²) in [6, 6.07) is 10.7. The summed E-state index contributed by atoms with van der Waals surface area (Å²) >= 11 is 0. The number of rotatable bonds is 10. The van der Waals surface area contributed by atoms with Gasteiger partial charge in [0.1, 0.15) is 17.2 Å². The minimum atomic E-state index is -4.40. The molecule has 2 rings (SSSR count). The number of benzene rings is 2. The highest BCUT2D eigenvalue weighted by Gasteiger charge is 2.30. The number of hydrogen-bond donors (Lipinski definition) is 1. The van der Waals surface area contributed by atoms with Crippen molar-refractivity contribution in [1.82, 2.24) is 5.48 Å². The summed E-state index contributed by atoms with van der Waals surface area (Å²) in [7, 11) is 0. The van der Waals surface area contributed by atoms with Crippen LogP contribution in [0.15, 0.2) is 59.8 Å². The number of hydroxylamine groups is 1. The van der Waals surface area contributed by atoms with E-state index >= 15 is 0 Å². The van der Waals surface area contributed by atoms with E-state index in [4.69, 9.17) is 19.0 Å². The van der Waals surface area contributed by atoms with Crippen molar-refractivity contribution < 1.29 is 37.0 Å². The smallest absolute Gasteiger partial charge is 0.416 e. The van der Waals surface area contributed by atoms with E-state index in [0.29, 0.717) is 11.5 Å². The van der Waals surface area contributed by atoms with Crippen molar-refractivity contribution in [2.45, 2.75) is 46.4 Å². The summed E-state index contributed by atoms with van der Waals surface area (Å²) in [5.74, 6) is 0.451. The van der Waals surface area contributed by atoms with Crippen molar-refractivity contribution >= 4 is 5.97 Å². The summed E-state index contributed by atoms with van der Waals surface area (Å²) < 4.78 is 53.9. The third-order valence-electron chi connectivity index (χ3n) is 4.30. The second-order valence-corrected chi connectivity index (χ2v) is 7.02. The lowest BCUT2D eigenvalue weighted by molar-refractivity contribution is -0.168. The van der Waals surface area contributed by atoms with Gasteiger partial charge in [-0.1, -0.05) is 12.5 Å². The summed E-state index contributed by atoms with van der Waals surface area (Å²) in [6.07, 6.45) is -4.52. The molecule has 0 aromatic heterocycles. The van der Waals surface area contributed by atoms with Gasteiger partial charge in [-0.15, -0.1) is 0 Å². The number of esters is 1. The summed E-state index contributed by atoms with van der Waals surface area (Å²) in [6.45, 7) is 7.12. The van der Waals surface area contributed by atoms with Crippen LogP contribution in [0.1, 0.15) is 39.7 Å². The molecule has 0 aliphatic rings. The van der Waals surface area contributed by atoms with Gasteiger partial charge in [0, 0.05) is 5.70 Å². The van der Waals surface area contributed by atoms with Gasteiger partial charge in [0.15, 0.2) is 6.10 Å². The molecule has 0 spiro atoms. The molecule has 1 N–H and O–H groups in total. The Morgan fingerprint density at radius 1 is 0.969 bits per heavy atom. The zero-order valence-electron chi connectivity index (χ0n) is 18.3. The van der Waals surface area contributed by atoms with Crippen LogP contribution in [0.25, 0.3) is 0 Å². The molecule has 0 bridgehead atoms. The first-order valence-electron chi connectivity index (χ1n) is 9.92. The Hall–Kier alpha value is -3.20. The van der Waals surface area contributed by atoms with Crippen LogP contribution >= 0.6 is 0 Å². The van der Waals surface area contributed by atoms with Crippen LogP contribution in [0, 0.1) is 0 Å². The quantitative estimate of drug-likeness (QED) is 0.206. The minimum absolute atomic E-state index is 0.261. The minimum Gasteiger partial charge on any atom is -0.479 e. The second kappa shape index (κ2) is 11.4. The molecule has 2 aromatic carbocycles. The Balaban J connectivity index is 1.81. The maximum absolute atomic E-state index is 12.6. The fraction of sp³-hybridized carbons (Fsp3) is 0.348. The highest BCUT2D eigenvalue weighted by molar-refractivity contribution is 5.74. The normalized spacial score (nSPS) is 12.0. The van der Waals surface area contributed by atoms with Crippen LogP contribution in [0.3, 0.4) is 0 Å². The van der Waals surface area contributed by atoms with E-state index in [9.17, 15) is 18.0 Å². The Morgan fingerprint density at radius 3 is 2.00 bits per heavy atom. The molecule has 0 amide bonds. The monoisotopic (exact) mass is 453 g/mol. The lowest BCUT2D eigenvalue weighted by atomic mass is 10.2. The molecule has 0 aliphatic carbocycles. The van der Waals surface area contributed by atoms with Crippen molar-refractivity contribution in [3.63, 3.8) is 0 Å². The molecule has 6 nitrogen and oxygen atoms in total. The topological polar surface area (TPSA) is 66.0 Å². The Bertz CT molecular complexity index is 905. The zero-order chi connectivity index (χ0) is 23.7. The average molecular weight is 453 g/mol. The van der Waals surface area contributed by atoms with Gasteiger partial charge in [-0.2, -0.15) is 13.2 Å². The van der Waals surface area contributed by atoms with Gasteiger partial charge >= 0.3 is 12.1 Å². The van der Waals surface area contributed by atoms with E-state index in [1.807, 2.05) is 20.8 Å². The van der Waals surface area contributed by atoms with Gasteiger partial charge in [-0.05, 0) is 75.7 Å². The Labute approximate surface area is 184 Å². The number of alkyl halides is 3. The molecule has 0 fully saturated rings. The molecular formula is C23H26F3NO5. The highest BCUT2D eigenvalue weighted by Crippen LogP contribution is 2.31. The molecule has 174 valence electrons. The van der Waals surface area contributed by atoms with Crippen LogP contribution in [0.4, 0.5) is 13.2 Å². The van der Waals surface area contributed by atoms with Gasteiger partial charge in [0.05, 0.1) is 5.56 Å². The van der Waals surface area contributed by atoms with E-state index in [2.05, 4.69) is 5.48 Å². The van der Waals surface area contributed by atoms with E-state index in [1.54, 1.807) is 24.3 Å². The molecule has 0 radical (unpaired) electrons. The number of carbonyl (C=O) groups excluding carboxylic acids is 1. The van der Waals surface area contributed by atoms with Gasteiger partial charge in [0.25, 0.3) is 0 Å². The molecule has 9 heteroatoms. The molecule has 1 atom stereocenters. The first kappa shape index (κ1) is 25.1. The molecule has 1 unspecified atom stereocenters. The number of halogens is 3. The predicted octanol–water partition coefficient (Wildman–Crippen LogP) is 5.99. The third kappa shape index (κ3) is 7.81. The van der Waals surface area contributed by atoms with Crippen molar-refractivity contribution in [2.75, 3.05) is 6.79 Å². The lowest BCUT2D eigenvalue weighted by Gasteiger charge is -2.15. The van der Waals surface area contributed by atoms with Gasteiger partial charge < -0.3 is 14.2 Å². The fourth-order valence-electron chi connectivity index (χ4n) is 2.54. The van der Waals surface area contributed by atoms with Crippen LogP contribution in [-0.2, 0) is 20.5 Å². The highest BCUT2D eigenvalue weighted by atomic mass is 19.4.